The van der Waals surface area contributed by atoms with Gasteiger partial charge in [0.05, 0.1) is 16.5 Å². The highest BCUT2D eigenvalue weighted by molar-refractivity contribution is 6.31. The van der Waals surface area contributed by atoms with Crippen LogP contribution in [0.15, 0.2) is 12.1 Å². The molecule has 2 N–H and O–H groups in total. The molecule has 19 heavy (non-hydrogen) atoms. The van der Waals surface area contributed by atoms with E-state index < -0.39 is 33.5 Å². The number of carboxylic acid groups (broad SMARTS) is 1. The van der Waals surface area contributed by atoms with Gasteiger partial charge in [-0.25, -0.2) is 9.18 Å². The summed E-state index contributed by atoms with van der Waals surface area (Å²) in [6, 6.07) is 1.68. The van der Waals surface area contributed by atoms with Gasteiger partial charge in [-0.1, -0.05) is 11.6 Å². The highest BCUT2D eigenvalue weighted by Gasteiger charge is 2.21. The summed E-state index contributed by atoms with van der Waals surface area (Å²) in [5.41, 5.74) is -0.623. The summed E-state index contributed by atoms with van der Waals surface area (Å²) in [7, 11) is 1.18. The van der Waals surface area contributed by atoms with Gasteiger partial charge in [0.1, 0.15) is 11.5 Å². The molecule has 0 amide bonds. The standard InChI is InChI=1S/C10H10ClFN2O5/c1-19-9(10(15)16)4-13-7-3-6(12)5(11)2-8(7)14(17)18/h2-3,9,13H,4H2,1H3,(H,15,16). The van der Waals surface area contributed by atoms with Crippen LogP contribution in [-0.4, -0.2) is 35.8 Å². The molecule has 0 radical (unpaired) electrons. The zero-order valence-electron chi connectivity index (χ0n) is 9.72. The van der Waals surface area contributed by atoms with Crippen molar-refractivity contribution < 1.29 is 24.0 Å². The van der Waals surface area contributed by atoms with Crippen LogP contribution in [0.2, 0.25) is 5.02 Å². The molecule has 1 aromatic carbocycles. The van der Waals surface area contributed by atoms with Crippen LogP contribution in [0.25, 0.3) is 0 Å². The molecular weight excluding hydrogens is 283 g/mol. The van der Waals surface area contributed by atoms with E-state index in [1.54, 1.807) is 0 Å². The molecule has 1 atom stereocenters. The quantitative estimate of drug-likeness (QED) is 0.613. The second-order valence-electron chi connectivity index (χ2n) is 3.48. The Balaban J connectivity index is 2.97. The molecule has 7 nitrogen and oxygen atoms in total. The molecular formula is C10H10ClFN2O5. The van der Waals surface area contributed by atoms with E-state index in [1.165, 1.54) is 7.11 Å². The Morgan fingerprint density at radius 3 is 2.79 bits per heavy atom. The Bertz CT molecular complexity index is 511. The lowest BCUT2D eigenvalue weighted by Gasteiger charge is -2.13. The third kappa shape index (κ3) is 3.76. The number of halogens is 2. The van der Waals surface area contributed by atoms with Gasteiger partial charge in [0, 0.05) is 19.2 Å². The average Bonchev–Trinajstić information content (AvgIpc) is 2.33. The van der Waals surface area contributed by atoms with E-state index in [4.69, 9.17) is 16.7 Å². The number of carboxylic acids is 1. The fraction of sp³-hybridized carbons (Fsp3) is 0.300. The normalized spacial score (nSPS) is 11.9. The summed E-state index contributed by atoms with van der Waals surface area (Å²) in [5, 5.41) is 21.6. The Morgan fingerprint density at radius 1 is 1.68 bits per heavy atom. The Kier molecular flexibility index (Phi) is 5.02. The number of aliphatic carboxylic acids is 1. The lowest BCUT2D eigenvalue weighted by atomic mass is 10.2. The number of nitrogens with one attached hydrogen (secondary N) is 1. The molecule has 0 aliphatic heterocycles. The molecule has 1 unspecified atom stereocenters. The minimum absolute atomic E-state index is 0.171. The van der Waals surface area contributed by atoms with Crippen LogP contribution >= 0.6 is 11.6 Å². The zero-order chi connectivity index (χ0) is 14.6. The predicted octanol–water partition coefficient (Wildman–Crippen LogP) is 1.90. The van der Waals surface area contributed by atoms with E-state index in [0.717, 1.165) is 12.1 Å². The molecule has 0 aliphatic rings. The smallest absolute Gasteiger partial charge is 0.334 e. The third-order valence-electron chi connectivity index (χ3n) is 2.27. The molecule has 1 aromatic rings. The van der Waals surface area contributed by atoms with Crippen molar-refractivity contribution in [2.45, 2.75) is 6.10 Å². The van der Waals surface area contributed by atoms with Crippen molar-refractivity contribution in [3.63, 3.8) is 0 Å². The van der Waals surface area contributed by atoms with Gasteiger partial charge >= 0.3 is 5.97 Å². The number of anilines is 1. The van der Waals surface area contributed by atoms with E-state index in [1.807, 2.05) is 0 Å². The summed E-state index contributed by atoms with van der Waals surface area (Å²) < 4.78 is 17.9. The lowest BCUT2D eigenvalue weighted by Crippen LogP contribution is -2.30. The van der Waals surface area contributed by atoms with E-state index in [-0.39, 0.29) is 12.2 Å². The first-order valence-corrected chi connectivity index (χ1v) is 5.37. The highest BCUT2D eigenvalue weighted by Crippen LogP contribution is 2.30. The van der Waals surface area contributed by atoms with Crippen molar-refractivity contribution in [3.8, 4) is 0 Å². The number of ether oxygens (including phenoxy) is 1. The topological polar surface area (TPSA) is 102 Å². The third-order valence-corrected chi connectivity index (χ3v) is 2.56. The maximum atomic E-state index is 13.2. The van der Waals surface area contributed by atoms with E-state index in [0.29, 0.717) is 0 Å². The van der Waals surface area contributed by atoms with Crippen molar-refractivity contribution >= 4 is 28.9 Å². The first-order chi connectivity index (χ1) is 8.86. The van der Waals surface area contributed by atoms with Gasteiger partial charge in [-0.15, -0.1) is 0 Å². The van der Waals surface area contributed by atoms with Crippen LogP contribution in [0.1, 0.15) is 0 Å². The molecule has 104 valence electrons. The second-order valence-corrected chi connectivity index (χ2v) is 3.89. The Labute approximate surface area is 112 Å². The minimum atomic E-state index is -1.24. The summed E-state index contributed by atoms with van der Waals surface area (Å²) in [5.74, 6) is -2.09. The Hall–Kier alpha value is -1.93. The van der Waals surface area contributed by atoms with Crippen LogP contribution < -0.4 is 5.32 Å². The largest absolute Gasteiger partial charge is 0.479 e. The van der Waals surface area contributed by atoms with E-state index in [9.17, 15) is 19.3 Å². The van der Waals surface area contributed by atoms with Crippen molar-refractivity contribution in [2.75, 3.05) is 19.0 Å². The zero-order valence-corrected chi connectivity index (χ0v) is 10.5. The number of benzene rings is 1. The summed E-state index contributed by atoms with van der Waals surface area (Å²) >= 11 is 5.44. The van der Waals surface area contributed by atoms with Crippen molar-refractivity contribution in [1.82, 2.24) is 0 Å². The van der Waals surface area contributed by atoms with Crippen molar-refractivity contribution in [2.24, 2.45) is 0 Å². The number of methoxy groups -OCH3 is 1. The number of carbonyl (C=O) groups is 1. The summed E-state index contributed by atoms with van der Waals surface area (Å²) in [6.07, 6.45) is -1.21. The second kappa shape index (κ2) is 6.30. The molecule has 0 fully saturated rings. The fourth-order valence-corrected chi connectivity index (χ4v) is 1.46. The van der Waals surface area contributed by atoms with Crippen LogP contribution in [0.3, 0.4) is 0 Å². The maximum Gasteiger partial charge on any atom is 0.334 e. The first kappa shape index (κ1) is 15.1. The molecule has 1 rings (SSSR count). The van der Waals surface area contributed by atoms with Crippen LogP contribution in [0, 0.1) is 15.9 Å². The molecule has 0 aromatic heterocycles. The summed E-state index contributed by atoms with van der Waals surface area (Å²) in [4.78, 5) is 20.7. The van der Waals surface area contributed by atoms with Gasteiger partial charge in [0.2, 0.25) is 0 Å². The van der Waals surface area contributed by atoms with Crippen LogP contribution in [0.5, 0.6) is 0 Å². The molecule has 9 heteroatoms. The number of nitrogens with zero attached hydrogens (tertiary/aromatic N) is 1. The molecule has 0 spiro atoms. The van der Waals surface area contributed by atoms with Gasteiger partial charge < -0.3 is 15.2 Å². The lowest BCUT2D eigenvalue weighted by molar-refractivity contribution is -0.384. The monoisotopic (exact) mass is 292 g/mol. The Morgan fingerprint density at radius 2 is 2.32 bits per heavy atom. The number of nitro groups is 1. The van der Waals surface area contributed by atoms with Crippen LogP contribution in [-0.2, 0) is 9.53 Å². The molecule has 0 bridgehead atoms. The van der Waals surface area contributed by atoms with Gasteiger partial charge in [-0.3, -0.25) is 10.1 Å². The molecule has 0 saturated carbocycles. The number of hydrogen-bond acceptors (Lipinski definition) is 5. The number of hydrogen-bond donors (Lipinski definition) is 2. The van der Waals surface area contributed by atoms with Gasteiger partial charge in [-0.2, -0.15) is 0 Å². The van der Waals surface area contributed by atoms with E-state index >= 15 is 0 Å². The summed E-state index contributed by atoms with van der Waals surface area (Å²) in [6.45, 7) is -0.256. The average molecular weight is 293 g/mol. The van der Waals surface area contributed by atoms with Crippen molar-refractivity contribution in [1.29, 1.82) is 0 Å². The SMILES string of the molecule is COC(CNc1cc(F)c(Cl)cc1[N+](=O)[O-])C(=O)O. The predicted molar refractivity (Wildman–Crippen MR) is 65.0 cm³/mol. The van der Waals surface area contributed by atoms with Gasteiger partial charge in [0.25, 0.3) is 5.69 Å². The van der Waals surface area contributed by atoms with E-state index in [2.05, 4.69) is 10.1 Å². The minimum Gasteiger partial charge on any atom is -0.479 e. The highest BCUT2D eigenvalue weighted by atomic mass is 35.5. The first-order valence-electron chi connectivity index (χ1n) is 4.99. The molecule has 0 heterocycles. The molecule has 0 aliphatic carbocycles. The van der Waals surface area contributed by atoms with Gasteiger partial charge in [-0.05, 0) is 0 Å². The number of rotatable bonds is 6. The van der Waals surface area contributed by atoms with Crippen LogP contribution in [0.4, 0.5) is 15.8 Å². The maximum absolute atomic E-state index is 13.2. The van der Waals surface area contributed by atoms with Gasteiger partial charge in [0.15, 0.2) is 6.10 Å². The fourth-order valence-electron chi connectivity index (χ4n) is 1.30. The number of nitro benzene ring substituents is 1. The molecule has 0 saturated heterocycles. The van der Waals surface area contributed by atoms with Crippen molar-refractivity contribution in [3.05, 3.63) is 33.1 Å².